The number of thiophene rings is 1. The molecular weight excluding hydrogens is 619 g/mol. The number of ether oxygens (including phenoxy) is 2. The normalized spacial score (nSPS) is 13.0. The van der Waals surface area contributed by atoms with Crippen LogP contribution in [0.4, 0.5) is 8.78 Å². The first kappa shape index (κ1) is 29.2. The molecule has 12 heteroatoms. The number of rotatable bonds is 8. The standard InChI is InChI=1S/C33H26F2N4O4S2/c1-4-27(40)39-9-7-22-26(16-39)45-33(37-22)31-29(28-21(35)14-19(34)15-25(28)42-11-10-41-3)32-20(8-12-44-32)30(38-31)18-5-6-24-23(13-18)36-17(2)43-24/h4-6,8,12-15H,1,7,9-11,16H2,2-3H3. The average molecular weight is 645 g/mol. The Morgan fingerprint density at radius 2 is 1.98 bits per heavy atom. The van der Waals surface area contributed by atoms with Gasteiger partial charge in [0.1, 0.15) is 40.2 Å². The molecule has 0 saturated heterocycles. The van der Waals surface area contributed by atoms with Gasteiger partial charge in [-0.1, -0.05) is 6.58 Å². The fraction of sp³-hybridized carbons (Fsp3) is 0.212. The van der Waals surface area contributed by atoms with Crippen molar-refractivity contribution in [1.29, 1.82) is 0 Å². The van der Waals surface area contributed by atoms with Gasteiger partial charge < -0.3 is 18.8 Å². The lowest BCUT2D eigenvalue weighted by Crippen LogP contribution is -2.34. The predicted molar refractivity (Wildman–Crippen MR) is 171 cm³/mol. The number of amides is 1. The van der Waals surface area contributed by atoms with E-state index in [-0.39, 0.29) is 30.4 Å². The van der Waals surface area contributed by atoms with Gasteiger partial charge in [0, 0.05) is 65.2 Å². The van der Waals surface area contributed by atoms with E-state index in [4.69, 9.17) is 23.9 Å². The van der Waals surface area contributed by atoms with Gasteiger partial charge in [-0.2, -0.15) is 0 Å². The van der Waals surface area contributed by atoms with Gasteiger partial charge in [0.25, 0.3) is 0 Å². The molecule has 0 aliphatic carbocycles. The maximum atomic E-state index is 16.0. The Morgan fingerprint density at radius 3 is 2.80 bits per heavy atom. The van der Waals surface area contributed by atoms with Gasteiger partial charge in [0.05, 0.1) is 30.1 Å². The van der Waals surface area contributed by atoms with E-state index in [0.717, 1.165) is 32.3 Å². The van der Waals surface area contributed by atoms with Gasteiger partial charge in [0.15, 0.2) is 11.5 Å². The summed E-state index contributed by atoms with van der Waals surface area (Å²) in [6, 6.07) is 9.65. The number of carbonyl (C=O) groups excluding carboxylic acids is 1. The number of pyridine rings is 1. The molecule has 0 atom stereocenters. The number of aromatic nitrogens is 3. The lowest BCUT2D eigenvalue weighted by atomic mass is 9.97. The molecule has 1 aliphatic heterocycles. The fourth-order valence-corrected chi connectivity index (χ4v) is 7.64. The zero-order valence-corrected chi connectivity index (χ0v) is 26.0. The molecule has 45 heavy (non-hydrogen) atoms. The highest BCUT2D eigenvalue weighted by molar-refractivity contribution is 7.18. The van der Waals surface area contributed by atoms with Gasteiger partial charge in [-0.05, 0) is 35.7 Å². The van der Waals surface area contributed by atoms with Crippen LogP contribution in [0.2, 0.25) is 0 Å². The number of benzene rings is 2. The van der Waals surface area contributed by atoms with E-state index in [1.165, 1.54) is 41.9 Å². The number of methoxy groups -OCH3 is 1. The number of carbonyl (C=O) groups is 1. The number of thiazole rings is 1. The quantitative estimate of drug-likeness (QED) is 0.125. The van der Waals surface area contributed by atoms with Crippen LogP contribution >= 0.6 is 22.7 Å². The van der Waals surface area contributed by atoms with Gasteiger partial charge >= 0.3 is 0 Å². The first-order valence-electron chi connectivity index (χ1n) is 14.1. The Bertz CT molecular complexity index is 2120. The van der Waals surface area contributed by atoms with Crippen molar-refractivity contribution in [2.45, 2.75) is 19.9 Å². The second kappa shape index (κ2) is 11.8. The molecule has 0 spiro atoms. The fourth-order valence-electron chi connectivity index (χ4n) is 5.58. The number of hydrogen-bond donors (Lipinski definition) is 0. The first-order valence-corrected chi connectivity index (χ1v) is 15.8. The lowest BCUT2D eigenvalue weighted by molar-refractivity contribution is -0.126. The van der Waals surface area contributed by atoms with Crippen molar-refractivity contribution in [2.75, 3.05) is 26.9 Å². The summed E-state index contributed by atoms with van der Waals surface area (Å²) < 4.78 is 48.0. The average Bonchev–Trinajstić information content (AvgIpc) is 3.77. The number of hydrogen-bond acceptors (Lipinski definition) is 9. The lowest BCUT2D eigenvalue weighted by Gasteiger charge is -2.24. The molecule has 0 radical (unpaired) electrons. The van der Waals surface area contributed by atoms with Crippen molar-refractivity contribution in [3.05, 3.63) is 82.5 Å². The van der Waals surface area contributed by atoms with E-state index >= 15 is 4.39 Å². The molecule has 4 aromatic heterocycles. The summed E-state index contributed by atoms with van der Waals surface area (Å²) in [6.45, 7) is 6.64. The third kappa shape index (κ3) is 5.28. The van der Waals surface area contributed by atoms with Crippen molar-refractivity contribution in [2.24, 2.45) is 0 Å². The summed E-state index contributed by atoms with van der Waals surface area (Å²) in [5.74, 6) is -1.10. The molecule has 1 amide bonds. The molecule has 0 fully saturated rings. The maximum absolute atomic E-state index is 16.0. The number of nitrogens with zero attached hydrogens (tertiary/aromatic N) is 4. The molecular formula is C33H26F2N4O4S2. The van der Waals surface area contributed by atoms with Crippen LogP contribution < -0.4 is 4.74 Å². The van der Waals surface area contributed by atoms with E-state index < -0.39 is 11.6 Å². The summed E-state index contributed by atoms with van der Waals surface area (Å²) in [4.78, 5) is 29.7. The van der Waals surface area contributed by atoms with Crippen molar-refractivity contribution in [3.8, 4) is 38.8 Å². The van der Waals surface area contributed by atoms with E-state index in [9.17, 15) is 9.18 Å². The number of fused-ring (bicyclic) bond motifs is 3. The molecule has 2 aromatic carbocycles. The van der Waals surface area contributed by atoms with Crippen LogP contribution in [0.25, 0.3) is 54.3 Å². The minimum absolute atomic E-state index is 0.0404. The van der Waals surface area contributed by atoms with Crippen molar-refractivity contribution in [3.63, 3.8) is 0 Å². The predicted octanol–water partition coefficient (Wildman–Crippen LogP) is 7.58. The maximum Gasteiger partial charge on any atom is 0.246 e. The Morgan fingerprint density at radius 1 is 1.11 bits per heavy atom. The van der Waals surface area contributed by atoms with E-state index in [2.05, 4.69) is 11.6 Å². The van der Waals surface area contributed by atoms with Crippen LogP contribution in [-0.2, 0) is 22.5 Å². The molecule has 0 saturated carbocycles. The molecule has 0 N–H and O–H groups in total. The molecule has 0 bridgehead atoms. The SMILES string of the molecule is C=CC(=O)N1CCc2nc(-c3nc(-c4ccc5oc(C)nc5c4)c4ccsc4c3-c3c(F)cc(F)cc3OCCOC)sc2C1. The van der Waals surface area contributed by atoms with Gasteiger partial charge in [0.2, 0.25) is 5.91 Å². The van der Waals surface area contributed by atoms with E-state index in [1.807, 2.05) is 29.6 Å². The summed E-state index contributed by atoms with van der Waals surface area (Å²) in [5, 5.41) is 3.26. The monoisotopic (exact) mass is 644 g/mol. The van der Waals surface area contributed by atoms with Crippen molar-refractivity contribution < 1.29 is 27.5 Å². The summed E-state index contributed by atoms with van der Waals surface area (Å²) in [7, 11) is 1.53. The Balaban J connectivity index is 1.49. The zero-order valence-electron chi connectivity index (χ0n) is 24.4. The first-order chi connectivity index (χ1) is 21.8. The number of aryl methyl sites for hydroxylation is 1. The van der Waals surface area contributed by atoms with Crippen LogP contribution in [0.1, 0.15) is 16.5 Å². The topological polar surface area (TPSA) is 90.6 Å². The highest BCUT2D eigenvalue weighted by Gasteiger charge is 2.29. The van der Waals surface area contributed by atoms with Crippen LogP contribution in [0.15, 0.2) is 58.9 Å². The van der Waals surface area contributed by atoms with Crippen molar-refractivity contribution >= 4 is 49.8 Å². The molecule has 1 aliphatic rings. The molecule has 8 nitrogen and oxygen atoms in total. The minimum Gasteiger partial charge on any atom is -0.490 e. The molecule has 6 aromatic rings. The third-order valence-electron chi connectivity index (χ3n) is 7.61. The second-order valence-corrected chi connectivity index (χ2v) is 12.5. The van der Waals surface area contributed by atoms with Gasteiger partial charge in [-0.15, -0.1) is 22.7 Å². The van der Waals surface area contributed by atoms with Crippen LogP contribution in [0, 0.1) is 18.6 Å². The highest BCUT2D eigenvalue weighted by atomic mass is 32.1. The Kier molecular flexibility index (Phi) is 7.64. The van der Waals surface area contributed by atoms with Gasteiger partial charge in [-0.25, -0.2) is 23.7 Å². The van der Waals surface area contributed by atoms with Crippen LogP contribution in [-0.4, -0.2) is 52.6 Å². The number of halogens is 2. The van der Waals surface area contributed by atoms with Crippen molar-refractivity contribution in [1.82, 2.24) is 19.9 Å². The van der Waals surface area contributed by atoms with E-state index in [0.29, 0.717) is 58.5 Å². The summed E-state index contributed by atoms with van der Waals surface area (Å²) in [5.41, 5.74) is 4.65. The second-order valence-electron chi connectivity index (χ2n) is 10.5. The molecule has 7 rings (SSSR count). The Labute approximate surface area is 264 Å². The van der Waals surface area contributed by atoms with E-state index in [1.54, 1.807) is 11.8 Å². The largest absolute Gasteiger partial charge is 0.490 e. The summed E-state index contributed by atoms with van der Waals surface area (Å²) in [6.07, 6.45) is 1.87. The summed E-state index contributed by atoms with van der Waals surface area (Å²) >= 11 is 2.83. The smallest absolute Gasteiger partial charge is 0.246 e. The van der Waals surface area contributed by atoms with Gasteiger partial charge in [-0.3, -0.25) is 4.79 Å². The zero-order chi connectivity index (χ0) is 31.2. The molecule has 228 valence electrons. The molecule has 5 heterocycles. The third-order valence-corrected chi connectivity index (χ3v) is 9.63. The van der Waals surface area contributed by atoms with Crippen LogP contribution in [0.3, 0.4) is 0 Å². The minimum atomic E-state index is -0.781. The Hall–Kier alpha value is -4.52. The van der Waals surface area contributed by atoms with Crippen LogP contribution in [0.5, 0.6) is 5.75 Å². The molecule has 0 unspecified atom stereocenters. The highest BCUT2D eigenvalue weighted by Crippen LogP contribution is 2.48. The number of oxazole rings is 1.